The molecule has 0 aliphatic carbocycles. The molecule has 1 aliphatic heterocycles. The van der Waals surface area contributed by atoms with Gasteiger partial charge in [0.15, 0.2) is 9.84 Å². The maximum atomic E-state index is 13.2. The van der Waals surface area contributed by atoms with E-state index in [4.69, 9.17) is 15.2 Å². The van der Waals surface area contributed by atoms with Crippen molar-refractivity contribution in [2.45, 2.75) is 4.90 Å². The van der Waals surface area contributed by atoms with Crippen molar-refractivity contribution in [3.8, 4) is 5.75 Å². The highest BCUT2D eigenvalue weighted by Gasteiger charge is 2.18. The van der Waals surface area contributed by atoms with Crippen LogP contribution in [0.1, 0.15) is 0 Å². The summed E-state index contributed by atoms with van der Waals surface area (Å²) in [6.07, 6.45) is 1.23. The molecule has 0 bridgehead atoms. The lowest BCUT2D eigenvalue weighted by Gasteiger charge is -2.26. The fourth-order valence-electron chi connectivity index (χ4n) is 2.27. The van der Waals surface area contributed by atoms with Crippen molar-refractivity contribution in [1.29, 1.82) is 0 Å². The second-order valence-electron chi connectivity index (χ2n) is 5.42. The molecule has 2 rings (SSSR count). The van der Waals surface area contributed by atoms with Crippen molar-refractivity contribution in [2.24, 2.45) is 5.73 Å². The highest BCUT2D eigenvalue weighted by Crippen LogP contribution is 2.18. The van der Waals surface area contributed by atoms with E-state index in [1.807, 2.05) is 0 Å². The number of hydrogen-bond donors (Lipinski definition) is 1. The summed E-state index contributed by atoms with van der Waals surface area (Å²) >= 11 is 0. The molecule has 24 heavy (non-hydrogen) atoms. The van der Waals surface area contributed by atoms with Gasteiger partial charge in [-0.15, -0.1) is 0 Å². The van der Waals surface area contributed by atoms with Gasteiger partial charge < -0.3 is 15.2 Å². The Morgan fingerprint density at radius 1 is 1.29 bits per heavy atom. The van der Waals surface area contributed by atoms with Crippen LogP contribution in [-0.4, -0.2) is 65.1 Å². The van der Waals surface area contributed by atoms with Gasteiger partial charge in [-0.2, -0.15) is 0 Å². The molecule has 1 heterocycles. The predicted octanol–water partition coefficient (Wildman–Crippen LogP) is 0.983. The summed E-state index contributed by atoms with van der Waals surface area (Å²) < 4.78 is 48.4. The van der Waals surface area contributed by atoms with E-state index in [2.05, 4.69) is 4.90 Å². The van der Waals surface area contributed by atoms with Gasteiger partial charge in [0.05, 0.1) is 23.9 Å². The summed E-state index contributed by atoms with van der Waals surface area (Å²) in [7, 11) is -3.36. The molecular formula is C16H23FN2O4S. The van der Waals surface area contributed by atoms with E-state index in [0.29, 0.717) is 25.5 Å². The molecule has 2 N–H and O–H groups in total. The van der Waals surface area contributed by atoms with Gasteiger partial charge >= 0.3 is 0 Å². The lowest BCUT2D eigenvalue weighted by Crippen LogP contribution is -2.39. The Bertz CT molecular complexity index is 641. The van der Waals surface area contributed by atoms with Crippen molar-refractivity contribution >= 4 is 9.84 Å². The molecule has 8 heteroatoms. The van der Waals surface area contributed by atoms with Gasteiger partial charge in [-0.3, -0.25) is 4.90 Å². The third-order valence-corrected chi connectivity index (χ3v) is 5.39. The van der Waals surface area contributed by atoms with Crippen LogP contribution in [0.25, 0.3) is 0 Å². The molecule has 0 spiro atoms. The minimum Gasteiger partial charge on any atom is -0.487 e. The average Bonchev–Trinajstić information content (AvgIpc) is 2.60. The average molecular weight is 358 g/mol. The Labute approximate surface area is 142 Å². The molecule has 0 amide bonds. The first-order valence-corrected chi connectivity index (χ1v) is 9.47. The maximum Gasteiger partial charge on any atom is 0.179 e. The Hall–Kier alpha value is -1.48. The van der Waals surface area contributed by atoms with Crippen LogP contribution < -0.4 is 10.5 Å². The number of benzene rings is 1. The van der Waals surface area contributed by atoms with Crippen LogP contribution >= 0.6 is 0 Å². The molecule has 0 aromatic heterocycles. The number of morpholine rings is 1. The van der Waals surface area contributed by atoms with E-state index in [-0.39, 0.29) is 23.8 Å². The van der Waals surface area contributed by atoms with Gasteiger partial charge in [0.1, 0.15) is 18.2 Å². The first-order valence-electron chi connectivity index (χ1n) is 7.81. The Kier molecular flexibility index (Phi) is 7.16. The number of halogens is 1. The predicted molar refractivity (Wildman–Crippen MR) is 89.5 cm³/mol. The van der Waals surface area contributed by atoms with Gasteiger partial charge in [-0.25, -0.2) is 12.8 Å². The number of nitrogens with two attached hydrogens (primary N) is 1. The second-order valence-corrected chi connectivity index (χ2v) is 7.53. The largest absolute Gasteiger partial charge is 0.487 e. The topological polar surface area (TPSA) is 81.9 Å². The Morgan fingerprint density at radius 3 is 2.58 bits per heavy atom. The number of sulfone groups is 1. The molecule has 6 nitrogen and oxygen atoms in total. The molecule has 1 aromatic rings. The standard InChI is InChI=1S/C16H23FN2O4S/c17-14(5-6-18)13-23-15-1-3-16(4-2-15)24(20,21)12-9-19-7-10-22-11-8-19/h1-5H,6-13,18H2/b14-5+. The van der Waals surface area contributed by atoms with Gasteiger partial charge in [0.25, 0.3) is 0 Å². The summed E-state index contributed by atoms with van der Waals surface area (Å²) in [5.41, 5.74) is 5.20. The van der Waals surface area contributed by atoms with E-state index >= 15 is 0 Å². The molecule has 1 aliphatic rings. The van der Waals surface area contributed by atoms with Crippen molar-refractivity contribution < 1.29 is 22.3 Å². The molecule has 1 fully saturated rings. The van der Waals surface area contributed by atoms with Crippen molar-refractivity contribution in [3.63, 3.8) is 0 Å². The van der Waals surface area contributed by atoms with Crippen LogP contribution in [0.4, 0.5) is 4.39 Å². The van der Waals surface area contributed by atoms with Crippen LogP contribution in [0.15, 0.2) is 41.1 Å². The number of hydrogen-bond acceptors (Lipinski definition) is 6. The third-order valence-electron chi connectivity index (χ3n) is 3.68. The smallest absolute Gasteiger partial charge is 0.179 e. The van der Waals surface area contributed by atoms with E-state index in [0.717, 1.165) is 13.1 Å². The summed E-state index contributed by atoms with van der Waals surface area (Å²) in [5.74, 6) is 0.00329. The SMILES string of the molecule is NC/C=C(/F)COc1ccc(S(=O)(=O)CCN2CCOCC2)cc1. The summed E-state index contributed by atoms with van der Waals surface area (Å²) in [5, 5.41) is 0. The third kappa shape index (κ3) is 5.86. The fraction of sp³-hybridized carbons (Fsp3) is 0.500. The van der Waals surface area contributed by atoms with E-state index in [9.17, 15) is 12.8 Å². The first kappa shape index (κ1) is 18.9. The second kappa shape index (κ2) is 9.12. The highest BCUT2D eigenvalue weighted by atomic mass is 32.2. The molecule has 134 valence electrons. The molecule has 0 atom stereocenters. The highest BCUT2D eigenvalue weighted by molar-refractivity contribution is 7.91. The summed E-state index contributed by atoms with van der Waals surface area (Å²) in [4.78, 5) is 2.31. The van der Waals surface area contributed by atoms with Crippen LogP contribution in [-0.2, 0) is 14.6 Å². The Morgan fingerprint density at radius 2 is 1.96 bits per heavy atom. The van der Waals surface area contributed by atoms with Crippen LogP contribution in [0.2, 0.25) is 0 Å². The van der Waals surface area contributed by atoms with Gasteiger partial charge in [0, 0.05) is 26.2 Å². The number of ether oxygens (including phenoxy) is 2. The molecule has 0 radical (unpaired) electrons. The molecular weight excluding hydrogens is 335 g/mol. The van der Waals surface area contributed by atoms with Crippen molar-refractivity contribution in [3.05, 3.63) is 36.2 Å². The van der Waals surface area contributed by atoms with Crippen LogP contribution in [0, 0.1) is 0 Å². The monoisotopic (exact) mass is 358 g/mol. The van der Waals surface area contributed by atoms with Gasteiger partial charge in [-0.05, 0) is 30.3 Å². The quantitative estimate of drug-likeness (QED) is 0.746. The lowest BCUT2D eigenvalue weighted by molar-refractivity contribution is 0.0408. The van der Waals surface area contributed by atoms with Crippen molar-refractivity contribution in [1.82, 2.24) is 4.90 Å². The molecule has 0 unspecified atom stereocenters. The zero-order valence-electron chi connectivity index (χ0n) is 13.5. The molecule has 1 saturated heterocycles. The lowest BCUT2D eigenvalue weighted by atomic mass is 10.3. The van der Waals surface area contributed by atoms with Crippen LogP contribution in [0.5, 0.6) is 5.75 Å². The van der Waals surface area contributed by atoms with Gasteiger partial charge in [-0.1, -0.05) is 0 Å². The fourth-order valence-corrected chi connectivity index (χ4v) is 3.56. The van der Waals surface area contributed by atoms with Crippen LogP contribution in [0.3, 0.4) is 0 Å². The zero-order valence-corrected chi connectivity index (χ0v) is 14.3. The summed E-state index contributed by atoms with van der Waals surface area (Å²) in [6.45, 7) is 3.16. The molecule has 0 saturated carbocycles. The minimum absolute atomic E-state index is 0.0566. The summed E-state index contributed by atoms with van der Waals surface area (Å²) in [6, 6.07) is 6.01. The zero-order chi connectivity index (χ0) is 17.4. The van der Waals surface area contributed by atoms with Gasteiger partial charge in [0.2, 0.25) is 0 Å². The normalized spacial score (nSPS) is 17.0. The van der Waals surface area contributed by atoms with E-state index in [1.165, 1.54) is 30.3 Å². The minimum atomic E-state index is -3.36. The number of rotatable bonds is 8. The maximum absolute atomic E-state index is 13.2. The number of nitrogens with zero attached hydrogens (tertiary/aromatic N) is 1. The van der Waals surface area contributed by atoms with E-state index < -0.39 is 15.7 Å². The first-order chi connectivity index (χ1) is 11.5. The Balaban J connectivity index is 1.89. The van der Waals surface area contributed by atoms with E-state index in [1.54, 1.807) is 0 Å². The molecule has 1 aromatic carbocycles. The van der Waals surface area contributed by atoms with Crippen molar-refractivity contribution in [2.75, 3.05) is 51.8 Å².